The first-order valence-electron chi connectivity index (χ1n) is 12.3. The quantitative estimate of drug-likeness (QED) is 0.329. The van der Waals surface area contributed by atoms with E-state index in [1.165, 1.54) is 32.9 Å². The third-order valence-corrected chi connectivity index (χ3v) is 6.45. The van der Waals surface area contributed by atoms with Gasteiger partial charge in [-0.1, -0.05) is 41.9 Å². The molecule has 0 radical (unpaired) electrons. The van der Waals surface area contributed by atoms with E-state index in [-0.39, 0.29) is 11.6 Å². The van der Waals surface area contributed by atoms with Gasteiger partial charge in [-0.3, -0.25) is 9.59 Å². The third-order valence-electron chi connectivity index (χ3n) is 6.20. The van der Waals surface area contributed by atoms with E-state index in [2.05, 4.69) is 16.7 Å². The lowest BCUT2D eigenvalue weighted by atomic mass is 9.85. The lowest BCUT2D eigenvalue weighted by Gasteiger charge is -2.30. The number of nitrogens with one attached hydrogen (secondary N) is 2. The van der Waals surface area contributed by atoms with E-state index >= 15 is 0 Å². The van der Waals surface area contributed by atoms with Crippen LogP contribution in [0, 0.1) is 17.1 Å². The zero-order valence-corrected chi connectivity index (χ0v) is 22.8. The average molecular weight is 550 g/mol. The highest BCUT2D eigenvalue weighted by atomic mass is 35.5. The summed E-state index contributed by atoms with van der Waals surface area (Å²) in [5.41, 5.74) is 0.0938. The standard InChI is InChI=1S/C30H29ClFN3O4/c1-18(24(16-20-11-13-23(31)14-12-20)22-8-5-7-21(15-22)17-33)34-29(38)30(3,4)39-28(37)27-25(32)9-6-10-26(27)35-19(2)36/h5-15,18,24H,16H2,1-4H3,(H,34,38)(H,35,36)/t18-,24+/m0/s1. The molecule has 39 heavy (non-hydrogen) atoms. The predicted octanol–water partition coefficient (Wildman–Crippen LogP) is 5.78. The summed E-state index contributed by atoms with van der Waals surface area (Å²) in [6.07, 6.45) is 0.531. The van der Waals surface area contributed by atoms with Crippen LogP contribution in [0.5, 0.6) is 0 Å². The van der Waals surface area contributed by atoms with Gasteiger partial charge in [-0.05, 0) is 74.7 Å². The van der Waals surface area contributed by atoms with Gasteiger partial charge in [0.1, 0.15) is 11.4 Å². The van der Waals surface area contributed by atoms with Gasteiger partial charge in [0.15, 0.2) is 5.60 Å². The van der Waals surface area contributed by atoms with Crippen LogP contribution in [-0.4, -0.2) is 29.4 Å². The number of halogens is 2. The summed E-state index contributed by atoms with van der Waals surface area (Å²) in [7, 11) is 0. The van der Waals surface area contributed by atoms with E-state index in [1.54, 1.807) is 30.3 Å². The summed E-state index contributed by atoms with van der Waals surface area (Å²) in [5, 5.41) is 15.3. The van der Waals surface area contributed by atoms with Crippen LogP contribution in [-0.2, 0) is 20.7 Å². The van der Waals surface area contributed by atoms with Crippen LogP contribution >= 0.6 is 11.6 Å². The van der Waals surface area contributed by atoms with Gasteiger partial charge in [-0.2, -0.15) is 5.26 Å². The van der Waals surface area contributed by atoms with E-state index in [0.717, 1.165) is 17.2 Å². The van der Waals surface area contributed by atoms with Crippen molar-refractivity contribution in [2.75, 3.05) is 5.32 Å². The van der Waals surface area contributed by atoms with Crippen molar-refractivity contribution >= 4 is 35.1 Å². The van der Waals surface area contributed by atoms with Crippen molar-refractivity contribution in [3.63, 3.8) is 0 Å². The van der Waals surface area contributed by atoms with Crippen molar-refractivity contribution in [3.8, 4) is 6.07 Å². The number of ether oxygens (including phenoxy) is 1. The number of carbonyl (C=O) groups is 3. The lowest BCUT2D eigenvalue weighted by molar-refractivity contribution is -0.138. The molecule has 0 aliphatic heterocycles. The molecule has 2 amide bonds. The van der Waals surface area contributed by atoms with E-state index in [0.29, 0.717) is 17.0 Å². The molecule has 3 aromatic rings. The number of nitriles is 1. The maximum Gasteiger partial charge on any atom is 0.344 e. The molecule has 3 aromatic carbocycles. The number of anilines is 1. The predicted molar refractivity (Wildman–Crippen MR) is 147 cm³/mol. The summed E-state index contributed by atoms with van der Waals surface area (Å²) in [6, 6.07) is 20.0. The number of benzene rings is 3. The Morgan fingerprint density at radius 3 is 2.38 bits per heavy atom. The Morgan fingerprint density at radius 1 is 1.08 bits per heavy atom. The summed E-state index contributed by atoms with van der Waals surface area (Å²) in [5.74, 6) is -3.32. The maximum atomic E-state index is 14.5. The van der Waals surface area contributed by atoms with Gasteiger partial charge in [0.05, 0.1) is 17.3 Å². The molecule has 0 saturated heterocycles. The van der Waals surface area contributed by atoms with Crippen LogP contribution in [0.3, 0.4) is 0 Å². The summed E-state index contributed by atoms with van der Waals surface area (Å²) in [4.78, 5) is 37.8. The van der Waals surface area contributed by atoms with Crippen molar-refractivity contribution < 1.29 is 23.5 Å². The minimum Gasteiger partial charge on any atom is -0.446 e. The van der Waals surface area contributed by atoms with Crippen molar-refractivity contribution in [1.29, 1.82) is 5.26 Å². The van der Waals surface area contributed by atoms with E-state index < -0.39 is 40.8 Å². The molecule has 0 aliphatic rings. The van der Waals surface area contributed by atoms with Crippen LogP contribution in [0.1, 0.15) is 60.7 Å². The second-order valence-corrected chi connectivity index (χ2v) is 10.1. The Labute approximate surface area is 231 Å². The van der Waals surface area contributed by atoms with Crippen LogP contribution in [0.4, 0.5) is 10.1 Å². The summed E-state index contributed by atoms with van der Waals surface area (Å²) in [6.45, 7) is 5.85. The van der Waals surface area contributed by atoms with Crippen molar-refractivity contribution in [3.05, 3.63) is 99.8 Å². The van der Waals surface area contributed by atoms with Crippen molar-refractivity contribution in [1.82, 2.24) is 5.32 Å². The Balaban J connectivity index is 1.83. The van der Waals surface area contributed by atoms with Gasteiger partial charge in [-0.15, -0.1) is 0 Å². The van der Waals surface area contributed by atoms with Gasteiger partial charge in [0.25, 0.3) is 5.91 Å². The maximum absolute atomic E-state index is 14.5. The highest BCUT2D eigenvalue weighted by molar-refractivity contribution is 6.30. The summed E-state index contributed by atoms with van der Waals surface area (Å²) >= 11 is 6.04. The number of hydrogen-bond acceptors (Lipinski definition) is 5. The molecule has 0 spiro atoms. The topological polar surface area (TPSA) is 108 Å². The Hall–Kier alpha value is -4.22. The molecular formula is C30H29ClFN3O4. The molecule has 7 nitrogen and oxygen atoms in total. The number of amides is 2. The molecule has 0 unspecified atom stereocenters. The van der Waals surface area contributed by atoms with Crippen LogP contribution < -0.4 is 10.6 Å². The number of carbonyl (C=O) groups excluding carboxylic acids is 3. The van der Waals surface area contributed by atoms with Crippen LogP contribution in [0.2, 0.25) is 5.02 Å². The zero-order valence-electron chi connectivity index (χ0n) is 22.0. The van der Waals surface area contributed by atoms with Gasteiger partial charge in [0, 0.05) is 23.9 Å². The van der Waals surface area contributed by atoms with Gasteiger partial charge >= 0.3 is 5.97 Å². The number of hydrogen-bond donors (Lipinski definition) is 2. The molecule has 0 saturated carbocycles. The molecular weight excluding hydrogens is 521 g/mol. The molecule has 2 atom stereocenters. The Bertz CT molecular complexity index is 1420. The number of rotatable bonds is 9. The van der Waals surface area contributed by atoms with Gasteiger partial charge < -0.3 is 15.4 Å². The van der Waals surface area contributed by atoms with E-state index in [9.17, 15) is 24.0 Å². The highest BCUT2D eigenvalue weighted by Gasteiger charge is 2.36. The Morgan fingerprint density at radius 2 is 1.74 bits per heavy atom. The fourth-order valence-corrected chi connectivity index (χ4v) is 4.26. The Kier molecular flexibility index (Phi) is 9.44. The molecule has 0 aliphatic carbocycles. The molecule has 0 heterocycles. The normalized spacial score (nSPS) is 12.5. The van der Waals surface area contributed by atoms with Crippen LogP contribution in [0.15, 0.2) is 66.7 Å². The van der Waals surface area contributed by atoms with Crippen LogP contribution in [0.25, 0.3) is 0 Å². The SMILES string of the molecule is CC(=O)Nc1cccc(F)c1C(=O)OC(C)(C)C(=O)N[C@@H](C)[C@@H](Cc1ccc(Cl)cc1)c1cccc(C#N)c1. The second kappa shape index (κ2) is 12.5. The van der Waals surface area contributed by atoms with E-state index in [4.69, 9.17) is 16.3 Å². The van der Waals surface area contributed by atoms with Gasteiger partial charge in [-0.25, -0.2) is 9.18 Å². The van der Waals surface area contributed by atoms with Crippen molar-refractivity contribution in [2.24, 2.45) is 0 Å². The minimum atomic E-state index is -1.68. The first-order valence-corrected chi connectivity index (χ1v) is 12.6. The fourth-order valence-electron chi connectivity index (χ4n) is 4.13. The molecule has 202 valence electrons. The fraction of sp³-hybridized carbons (Fsp3) is 0.267. The summed E-state index contributed by atoms with van der Waals surface area (Å²) < 4.78 is 20.0. The lowest BCUT2D eigenvalue weighted by Crippen LogP contribution is -2.50. The molecule has 0 bridgehead atoms. The zero-order chi connectivity index (χ0) is 28.7. The molecule has 2 N–H and O–H groups in total. The van der Waals surface area contributed by atoms with E-state index in [1.807, 2.05) is 25.1 Å². The average Bonchev–Trinajstić information content (AvgIpc) is 2.87. The molecule has 9 heteroatoms. The highest BCUT2D eigenvalue weighted by Crippen LogP contribution is 2.28. The molecule has 0 fully saturated rings. The largest absolute Gasteiger partial charge is 0.446 e. The van der Waals surface area contributed by atoms with Gasteiger partial charge in [0.2, 0.25) is 5.91 Å². The van der Waals surface area contributed by atoms with Crippen molar-refractivity contribution in [2.45, 2.75) is 51.7 Å². The molecule has 3 rings (SSSR count). The smallest absolute Gasteiger partial charge is 0.344 e. The first-order chi connectivity index (χ1) is 18.4. The third kappa shape index (κ3) is 7.65. The molecule has 0 aromatic heterocycles. The number of esters is 1. The minimum absolute atomic E-state index is 0.0579. The number of nitrogens with zero attached hydrogens (tertiary/aromatic N) is 1. The first kappa shape index (κ1) is 29.3. The monoisotopic (exact) mass is 549 g/mol. The second-order valence-electron chi connectivity index (χ2n) is 9.68.